The Bertz CT molecular complexity index is 784. The lowest BCUT2D eigenvalue weighted by atomic mass is 10.0. The molecule has 1 atom stereocenters. The molecule has 0 spiro atoms. The molecular weight excluding hydrogens is 396 g/mol. The van der Waals surface area contributed by atoms with Crippen LogP contribution in [0.2, 0.25) is 18.1 Å². The Morgan fingerprint density at radius 2 is 1.77 bits per heavy atom. The number of unbranched alkanes of at least 4 members (excludes halogenated alkanes) is 3. The van der Waals surface area contributed by atoms with E-state index in [9.17, 15) is 4.79 Å². The van der Waals surface area contributed by atoms with Crippen LogP contribution in [0.25, 0.3) is 0 Å². The summed E-state index contributed by atoms with van der Waals surface area (Å²) in [4.78, 5) is 15.9. The van der Waals surface area contributed by atoms with Crippen LogP contribution in [0.15, 0.2) is 34.9 Å². The van der Waals surface area contributed by atoms with E-state index in [-0.39, 0.29) is 17.0 Å². The molecule has 0 aliphatic carbocycles. The second-order valence-corrected chi connectivity index (χ2v) is 14.0. The van der Waals surface area contributed by atoms with Gasteiger partial charge in [-0.1, -0.05) is 75.5 Å². The average molecular weight is 433 g/mol. The Hall–Kier alpha value is -1.99. The first-order chi connectivity index (χ1) is 14.1. The molecule has 0 fully saturated rings. The van der Waals surface area contributed by atoms with Gasteiger partial charge >= 0.3 is 11.9 Å². The number of hydrogen-bond acceptors (Lipinski definition) is 6. The van der Waals surface area contributed by atoms with Gasteiger partial charge in [0.2, 0.25) is 0 Å². The second kappa shape index (κ2) is 10.9. The molecule has 0 saturated heterocycles. The van der Waals surface area contributed by atoms with Gasteiger partial charge in [-0.2, -0.15) is 4.98 Å². The standard InChI is InChI=1S/C23H36N2O4Si/c1-23(2,3)30(5,6)29-19(20-24-21(28-25-20)22(26)27-4)17-13-8-7-10-14-18-15-11-9-12-16-18/h9,11-12,15-16,19H,7-8,10,13-14,17H2,1-6H3. The first kappa shape index (κ1) is 24.3. The van der Waals surface area contributed by atoms with Gasteiger partial charge in [-0.3, -0.25) is 0 Å². The SMILES string of the molecule is COC(=O)c1nc(C(CCCCCCc2ccccc2)O[Si](C)(C)C(C)(C)C)no1. The maximum atomic E-state index is 11.7. The molecule has 0 N–H and O–H groups in total. The van der Waals surface area contributed by atoms with Crippen LogP contribution in [-0.2, 0) is 15.6 Å². The lowest BCUT2D eigenvalue weighted by Gasteiger charge is -2.38. The molecule has 1 unspecified atom stereocenters. The molecule has 0 amide bonds. The largest absolute Gasteiger partial charge is 0.462 e. The number of aryl methyl sites for hydroxylation is 1. The molecule has 0 radical (unpaired) electrons. The molecular formula is C23H36N2O4Si. The van der Waals surface area contributed by atoms with Gasteiger partial charge in [-0.25, -0.2) is 4.79 Å². The molecule has 1 aromatic heterocycles. The van der Waals surface area contributed by atoms with Crippen LogP contribution in [0.3, 0.4) is 0 Å². The highest BCUT2D eigenvalue weighted by atomic mass is 28.4. The van der Waals surface area contributed by atoms with E-state index in [2.05, 4.69) is 79.1 Å². The molecule has 1 aromatic carbocycles. The molecule has 0 aliphatic rings. The number of rotatable bonds is 11. The van der Waals surface area contributed by atoms with Crippen molar-refractivity contribution in [2.45, 2.75) is 83.5 Å². The molecule has 0 aliphatic heterocycles. The minimum absolute atomic E-state index is 0.0653. The van der Waals surface area contributed by atoms with Crippen LogP contribution in [0.5, 0.6) is 0 Å². The summed E-state index contributed by atoms with van der Waals surface area (Å²) >= 11 is 0. The van der Waals surface area contributed by atoms with E-state index in [0.29, 0.717) is 5.82 Å². The van der Waals surface area contributed by atoms with Gasteiger partial charge in [0.15, 0.2) is 14.1 Å². The smallest absolute Gasteiger partial charge is 0.397 e. The second-order valence-electron chi connectivity index (χ2n) is 9.25. The summed E-state index contributed by atoms with van der Waals surface area (Å²) in [7, 11) is -0.737. The highest BCUT2D eigenvalue weighted by molar-refractivity contribution is 6.74. The summed E-state index contributed by atoms with van der Waals surface area (Å²) in [5.41, 5.74) is 1.39. The van der Waals surface area contributed by atoms with Gasteiger partial charge in [0.1, 0.15) is 6.10 Å². The summed E-state index contributed by atoms with van der Waals surface area (Å²) in [6, 6.07) is 10.6. The molecule has 0 bridgehead atoms. The zero-order valence-electron chi connectivity index (χ0n) is 19.2. The van der Waals surface area contributed by atoms with Gasteiger partial charge in [-0.05, 0) is 43.0 Å². The fourth-order valence-electron chi connectivity index (χ4n) is 2.97. The molecule has 2 rings (SSSR count). The number of esters is 1. The molecule has 2 aromatic rings. The summed E-state index contributed by atoms with van der Waals surface area (Å²) in [5, 5.41) is 4.08. The van der Waals surface area contributed by atoms with E-state index in [1.807, 2.05) is 0 Å². The van der Waals surface area contributed by atoms with Crippen molar-refractivity contribution in [1.82, 2.24) is 10.1 Å². The van der Waals surface area contributed by atoms with Crippen molar-refractivity contribution < 1.29 is 18.5 Å². The first-order valence-electron chi connectivity index (χ1n) is 10.8. The van der Waals surface area contributed by atoms with Crippen molar-refractivity contribution in [3.05, 3.63) is 47.6 Å². The number of nitrogens with zero attached hydrogens (tertiary/aromatic N) is 2. The van der Waals surface area contributed by atoms with E-state index in [1.54, 1.807) is 0 Å². The monoisotopic (exact) mass is 432 g/mol. The number of hydrogen-bond donors (Lipinski definition) is 0. The Morgan fingerprint density at radius 3 is 2.40 bits per heavy atom. The Morgan fingerprint density at radius 1 is 1.10 bits per heavy atom. The van der Waals surface area contributed by atoms with Crippen molar-refractivity contribution in [1.29, 1.82) is 0 Å². The van der Waals surface area contributed by atoms with Gasteiger partial charge in [-0.15, -0.1) is 0 Å². The number of carbonyl (C=O) groups excluding carboxylic acids is 1. The van der Waals surface area contributed by atoms with Crippen LogP contribution < -0.4 is 0 Å². The lowest BCUT2D eigenvalue weighted by molar-refractivity contribution is 0.0545. The number of aromatic nitrogens is 2. The molecule has 7 heteroatoms. The molecule has 166 valence electrons. The summed E-state index contributed by atoms with van der Waals surface area (Å²) in [6.07, 6.45) is 6.11. The number of ether oxygens (including phenoxy) is 1. The summed E-state index contributed by atoms with van der Waals surface area (Å²) in [5.74, 6) is -0.315. The van der Waals surface area contributed by atoms with Gasteiger partial charge in [0, 0.05) is 0 Å². The van der Waals surface area contributed by atoms with Crippen LogP contribution in [0.1, 0.15) is 81.1 Å². The van der Waals surface area contributed by atoms with Crippen molar-refractivity contribution in [3.63, 3.8) is 0 Å². The molecule has 1 heterocycles. The Labute approximate surface area is 181 Å². The molecule has 6 nitrogen and oxygen atoms in total. The highest BCUT2D eigenvalue weighted by Gasteiger charge is 2.40. The highest BCUT2D eigenvalue weighted by Crippen LogP contribution is 2.40. The fourth-order valence-corrected chi connectivity index (χ4v) is 4.25. The Kier molecular flexibility index (Phi) is 8.79. The zero-order chi connectivity index (χ0) is 22.2. The maximum absolute atomic E-state index is 11.7. The third-order valence-electron chi connectivity index (χ3n) is 5.86. The van der Waals surface area contributed by atoms with E-state index in [4.69, 9.17) is 8.95 Å². The minimum Gasteiger partial charge on any atom is -0.462 e. The van der Waals surface area contributed by atoms with Crippen LogP contribution >= 0.6 is 0 Å². The first-order valence-corrected chi connectivity index (χ1v) is 13.7. The third-order valence-corrected chi connectivity index (χ3v) is 10.3. The van der Waals surface area contributed by atoms with Crippen molar-refractivity contribution >= 4 is 14.3 Å². The molecule has 0 saturated carbocycles. The normalized spacial score (nSPS) is 13.3. The zero-order valence-corrected chi connectivity index (χ0v) is 20.2. The van der Waals surface area contributed by atoms with Gasteiger partial charge in [0.05, 0.1) is 7.11 Å². The van der Waals surface area contributed by atoms with Crippen molar-refractivity contribution in [2.24, 2.45) is 0 Å². The summed E-state index contributed by atoms with van der Waals surface area (Å²) < 4.78 is 16.4. The predicted octanol–water partition coefficient (Wildman–Crippen LogP) is 6.11. The third kappa shape index (κ3) is 7.06. The average Bonchev–Trinajstić information content (AvgIpc) is 3.19. The van der Waals surface area contributed by atoms with Crippen LogP contribution in [0, 0.1) is 0 Å². The number of methoxy groups -OCH3 is 1. The van der Waals surface area contributed by atoms with Crippen molar-refractivity contribution in [2.75, 3.05) is 7.11 Å². The lowest BCUT2D eigenvalue weighted by Crippen LogP contribution is -2.42. The quantitative estimate of drug-likeness (QED) is 0.242. The predicted molar refractivity (Wildman–Crippen MR) is 120 cm³/mol. The van der Waals surface area contributed by atoms with Crippen molar-refractivity contribution in [3.8, 4) is 0 Å². The number of carbonyl (C=O) groups is 1. The molecule has 30 heavy (non-hydrogen) atoms. The van der Waals surface area contributed by atoms with Gasteiger partial charge in [0.25, 0.3) is 0 Å². The Balaban J connectivity index is 1.94. The van der Waals surface area contributed by atoms with E-state index >= 15 is 0 Å². The van der Waals surface area contributed by atoms with Gasteiger partial charge < -0.3 is 13.7 Å². The van der Waals surface area contributed by atoms with E-state index < -0.39 is 14.3 Å². The van der Waals surface area contributed by atoms with Crippen LogP contribution in [-0.4, -0.2) is 31.5 Å². The maximum Gasteiger partial charge on any atom is 0.397 e. The van der Waals surface area contributed by atoms with E-state index in [0.717, 1.165) is 25.7 Å². The van der Waals surface area contributed by atoms with E-state index in [1.165, 1.54) is 25.5 Å². The minimum atomic E-state index is -2.03. The number of benzene rings is 1. The fraction of sp³-hybridized carbons (Fsp3) is 0.609. The topological polar surface area (TPSA) is 74.5 Å². The summed E-state index contributed by atoms with van der Waals surface area (Å²) in [6.45, 7) is 11.0. The van der Waals surface area contributed by atoms with Crippen LogP contribution in [0.4, 0.5) is 0 Å².